The van der Waals surface area contributed by atoms with Crippen molar-refractivity contribution in [1.29, 1.82) is 0 Å². The molecule has 0 N–H and O–H groups in total. The Morgan fingerprint density at radius 2 is 2.15 bits per heavy atom. The van der Waals surface area contributed by atoms with E-state index in [2.05, 4.69) is 18.0 Å². The highest BCUT2D eigenvalue weighted by Crippen LogP contribution is 2.37. The third kappa shape index (κ3) is 3.49. The molecule has 2 atom stereocenters. The van der Waals surface area contributed by atoms with Crippen LogP contribution in [0.4, 0.5) is 5.13 Å². The maximum absolute atomic E-state index is 13.8. The monoisotopic (exact) mass is 399 g/mol. The number of para-hydroxylation sites is 1. The number of fused-ring (bicyclic) bond motifs is 1. The summed E-state index contributed by atoms with van der Waals surface area (Å²) in [5, 5.41) is 14.6. The van der Waals surface area contributed by atoms with Gasteiger partial charge >= 0.3 is 0 Å². The number of hydrogen-bond acceptors (Lipinski definition) is 6. The third-order valence-corrected chi connectivity index (χ3v) is 6.28. The molecule has 4 rings (SSSR count). The minimum Gasteiger partial charge on any atom is -0.622 e. The Morgan fingerprint density at radius 3 is 2.93 bits per heavy atom. The molecule has 27 heavy (non-hydrogen) atoms. The summed E-state index contributed by atoms with van der Waals surface area (Å²) in [5.41, 5.74) is 2.88. The van der Waals surface area contributed by atoms with Crippen molar-refractivity contribution in [2.45, 2.75) is 19.6 Å². The Hall–Kier alpha value is -1.90. The van der Waals surface area contributed by atoms with Crippen LogP contribution in [0.1, 0.15) is 18.1 Å². The molecule has 0 radical (unpaired) electrons. The van der Waals surface area contributed by atoms with Gasteiger partial charge in [0.25, 0.3) is 11.4 Å². The lowest BCUT2D eigenvalue weighted by Gasteiger charge is -2.39. The van der Waals surface area contributed by atoms with Gasteiger partial charge in [-0.2, -0.15) is 4.98 Å². The lowest BCUT2D eigenvalue weighted by molar-refractivity contribution is 0.102. The van der Waals surface area contributed by atoms with Gasteiger partial charge in [0.2, 0.25) is 0 Å². The first-order chi connectivity index (χ1) is 13.0. The van der Waals surface area contributed by atoms with Crippen LogP contribution in [0.3, 0.4) is 0 Å². The molecule has 1 aliphatic heterocycles. The molecule has 5 nitrogen and oxygen atoms in total. The molecular weight excluding hydrogens is 378 g/mol. The van der Waals surface area contributed by atoms with Gasteiger partial charge in [-0.05, 0) is 49.4 Å². The molecule has 2 heterocycles. The van der Waals surface area contributed by atoms with E-state index in [0.29, 0.717) is 23.4 Å². The largest absolute Gasteiger partial charge is 0.622 e. The van der Waals surface area contributed by atoms with Gasteiger partial charge in [0.1, 0.15) is 6.67 Å². The topological polar surface area (TPSA) is 48.4 Å². The zero-order valence-electron chi connectivity index (χ0n) is 15.3. The number of thiocarbonyl (C=S) groups is 1. The zero-order valence-corrected chi connectivity index (χ0v) is 16.9. The highest BCUT2D eigenvalue weighted by atomic mass is 32.1. The maximum atomic E-state index is 13.8. The van der Waals surface area contributed by atoms with E-state index in [-0.39, 0.29) is 0 Å². The first-order valence-corrected chi connectivity index (χ1v) is 10.2. The average Bonchev–Trinajstić information content (AvgIpc) is 3.23. The number of rotatable bonds is 4. The molecule has 3 aromatic rings. The van der Waals surface area contributed by atoms with Crippen LogP contribution in [0.15, 0.2) is 48.5 Å². The van der Waals surface area contributed by atoms with Crippen LogP contribution in [-0.2, 0) is 11.2 Å². The summed E-state index contributed by atoms with van der Waals surface area (Å²) in [7, 11) is 1.92. The van der Waals surface area contributed by atoms with Crippen LogP contribution >= 0.6 is 23.6 Å². The fourth-order valence-corrected chi connectivity index (χ4v) is 4.62. The third-order valence-electron chi connectivity index (χ3n) is 4.80. The number of benzene rings is 2. The summed E-state index contributed by atoms with van der Waals surface area (Å²) in [6.07, 6.45) is 0.295. The number of likely N-dealkylation sites (N-methyl/N-ethyl adjacent to an activating group) is 1. The fraction of sp³-hybridized carbons (Fsp3) is 0.300. The lowest BCUT2D eigenvalue weighted by atomic mass is 10.1. The summed E-state index contributed by atoms with van der Waals surface area (Å²) >= 11 is 6.94. The molecular formula is C20H21N3O2S2. The summed E-state index contributed by atoms with van der Waals surface area (Å²) in [4.78, 5) is 6.55. The Balaban J connectivity index is 1.63. The molecule has 0 amide bonds. The van der Waals surface area contributed by atoms with Gasteiger partial charge < -0.3 is 9.94 Å². The first kappa shape index (κ1) is 18.5. The molecule has 2 unspecified atom stereocenters. The van der Waals surface area contributed by atoms with Crippen LogP contribution in [-0.4, -0.2) is 41.4 Å². The molecule has 1 fully saturated rings. The van der Waals surface area contributed by atoms with Crippen molar-refractivity contribution in [3.05, 3.63) is 64.9 Å². The van der Waals surface area contributed by atoms with Crippen molar-refractivity contribution < 1.29 is 4.74 Å². The fourth-order valence-electron chi connectivity index (χ4n) is 3.34. The molecule has 1 aliphatic rings. The number of aromatic nitrogens is 1. The second-order valence-electron chi connectivity index (χ2n) is 6.85. The van der Waals surface area contributed by atoms with Crippen molar-refractivity contribution >= 4 is 44.0 Å². The van der Waals surface area contributed by atoms with E-state index in [9.17, 15) is 5.21 Å². The van der Waals surface area contributed by atoms with Gasteiger partial charge in [-0.1, -0.05) is 48.6 Å². The van der Waals surface area contributed by atoms with Crippen molar-refractivity contribution in [2.75, 3.05) is 20.3 Å². The van der Waals surface area contributed by atoms with Gasteiger partial charge in [-0.15, -0.1) is 0 Å². The molecule has 0 spiro atoms. The number of aryl methyl sites for hydroxylation is 1. The van der Waals surface area contributed by atoms with Gasteiger partial charge in [-0.25, -0.2) is 4.90 Å². The molecule has 0 aliphatic carbocycles. The van der Waals surface area contributed by atoms with E-state index in [0.717, 1.165) is 22.2 Å². The van der Waals surface area contributed by atoms with Crippen molar-refractivity contribution in [2.24, 2.45) is 0 Å². The summed E-state index contributed by atoms with van der Waals surface area (Å²) in [6, 6.07) is 15.8. The van der Waals surface area contributed by atoms with Gasteiger partial charge in [0, 0.05) is 5.56 Å². The molecule has 1 aromatic heterocycles. The molecule has 7 heteroatoms. The van der Waals surface area contributed by atoms with E-state index in [4.69, 9.17) is 17.0 Å². The first-order valence-electron chi connectivity index (χ1n) is 8.93. The van der Waals surface area contributed by atoms with E-state index in [1.807, 2.05) is 54.4 Å². The average molecular weight is 400 g/mol. The minimum absolute atomic E-state index is 0.294. The second kappa shape index (κ2) is 7.26. The van der Waals surface area contributed by atoms with Gasteiger partial charge in [0.05, 0.1) is 16.8 Å². The molecule has 2 aromatic carbocycles. The maximum Gasteiger partial charge on any atom is 0.291 e. The Bertz CT molecular complexity index is 957. The van der Waals surface area contributed by atoms with Crippen molar-refractivity contribution in [3.63, 3.8) is 0 Å². The van der Waals surface area contributed by atoms with Crippen LogP contribution in [0.5, 0.6) is 0 Å². The molecule has 0 bridgehead atoms. The summed E-state index contributed by atoms with van der Waals surface area (Å²) < 4.78 is 6.42. The zero-order chi connectivity index (χ0) is 19.0. The van der Waals surface area contributed by atoms with Crippen molar-refractivity contribution in [3.8, 4) is 0 Å². The summed E-state index contributed by atoms with van der Waals surface area (Å²) in [5.74, 6) is 0. The predicted molar refractivity (Wildman–Crippen MR) is 115 cm³/mol. The van der Waals surface area contributed by atoms with E-state index < -0.39 is 10.9 Å². The number of hydroxylamine groups is 2. The van der Waals surface area contributed by atoms with Crippen LogP contribution in [0.2, 0.25) is 0 Å². The molecule has 140 valence electrons. The molecule has 0 saturated carbocycles. The normalized spacial score (nSPS) is 23.0. The van der Waals surface area contributed by atoms with E-state index in [1.54, 1.807) is 0 Å². The van der Waals surface area contributed by atoms with Crippen LogP contribution in [0.25, 0.3) is 10.2 Å². The number of ether oxygens (including phenoxy) is 1. The second-order valence-corrected chi connectivity index (χ2v) is 8.23. The Kier molecular flexibility index (Phi) is 4.96. The number of hydrogen-bond donors (Lipinski definition) is 0. The van der Waals surface area contributed by atoms with Crippen LogP contribution < -0.4 is 4.65 Å². The van der Waals surface area contributed by atoms with Crippen molar-refractivity contribution in [1.82, 2.24) is 14.5 Å². The quantitative estimate of drug-likeness (QED) is 0.372. The smallest absolute Gasteiger partial charge is 0.291 e. The van der Waals surface area contributed by atoms with E-state index in [1.165, 1.54) is 16.9 Å². The lowest BCUT2D eigenvalue weighted by Crippen LogP contribution is -2.50. The highest BCUT2D eigenvalue weighted by molar-refractivity contribution is 7.80. The predicted octanol–water partition coefficient (Wildman–Crippen LogP) is 4.29. The minimum atomic E-state index is -0.635. The highest BCUT2D eigenvalue weighted by Gasteiger charge is 2.44. The number of nitrogens with zero attached hydrogens (tertiary/aromatic N) is 3. The Morgan fingerprint density at radius 1 is 1.33 bits per heavy atom. The number of thiazole rings is 1. The van der Waals surface area contributed by atoms with Crippen LogP contribution in [0, 0.1) is 5.21 Å². The standard InChI is InChI=1S/C20H21N3O2S2/c1-3-14-7-6-8-15(11-14)19(26)25-18-12-22(2)13-23(18,24)20-21-16-9-4-5-10-17(16)27-20/h4-11,18H,3,12-13H2,1-2H3. The van der Waals surface area contributed by atoms with Gasteiger partial charge in [-0.3, -0.25) is 4.65 Å². The number of quaternary nitrogens is 1. The SMILES string of the molecule is CCc1cccc(C(=S)OC2CN(C)C[N+]2([O-])c2nc3ccccc3s2)c1. The van der Waals surface area contributed by atoms with Gasteiger partial charge in [0.15, 0.2) is 5.05 Å². The Labute approximate surface area is 168 Å². The van der Waals surface area contributed by atoms with E-state index >= 15 is 0 Å². The molecule has 1 saturated heterocycles. The summed E-state index contributed by atoms with van der Waals surface area (Å²) in [6.45, 7) is 2.90.